The first kappa shape index (κ1) is 29.4. The standard InChI is InChI=1S/C36H38N4O4/c1-36(2,3)44-35(42)40-22-20-26(30(41)23-40)27-17-11-18-28-31(38-39(4)32(27)28)29-19-12-21-37-34(29)43-33(24-13-7-5-8-14-24)25-15-9-6-10-16-25/h5-19,21,26,30,33,41H,20,22-23H2,1-4H3/t26-,30+/m1/s1. The summed E-state index contributed by atoms with van der Waals surface area (Å²) >= 11 is 0. The van der Waals surface area contributed by atoms with Crippen molar-refractivity contribution in [2.24, 2.45) is 7.05 Å². The first-order valence-corrected chi connectivity index (χ1v) is 15.0. The second-order valence-corrected chi connectivity index (χ2v) is 12.3. The van der Waals surface area contributed by atoms with Crippen LogP contribution >= 0.6 is 0 Å². The van der Waals surface area contributed by atoms with Gasteiger partial charge in [0, 0.05) is 31.1 Å². The number of ether oxygens (including phenoxy) is 2. The van der Waals surface area contributed by atoms with Crippen molar-refractivity contribution in [1.29, 1.82) is 0 Å². The number of amides is 1. The molecular weight excluding hydrogens is 552 g/mol. The van der Waals surface area contributed by atoms with Gasteiger partial charge in [-0.25, -0.2) is 9.78 Å². The molecular formula is C36H38N4O4. The minimum atomic E-state index is -0.741. The zero-order valence-corrected chi connectivity index (χ0v) is 25.6. The fourth-order valence-corrected chi connectivity index (χ4v) is 6.01. The van der Waals surface area contributed by atoms with Gasteiger partial charge in [-0.1, -0.05) is 78.9 Å². The quantitative estimate of drug-likeness (QED) is 0.232. The van der Waals surface area contributed by atoms with Gasteiger partial charge in [-0.3, -0.25) is 4.68 Å². The van der Waals surface area contributed by atoms with Crippen LogP contribution in [0.3, 0.4) is 0 Å². The molecule has 0 spiro atoms. The van der Waals surface area contributed by atoms with Crippen LogP contribution in [0.25, 0.3) is 22.2 Å². The molecule has 44 heavy (non-hydrogen) atoms. The van der Waals surface area contributed by atoms with E-state index in [2.05, 4.69) is 29.2 Å². The molecule has 0 saturated carbocycles. The van der Waals surface area contributed by atoms with Gasteiger partial charge in [-0.2, -0.15) is 5.10 Å². The van der Waals surface area contributed by atoms with E-state index in [0.29, 0.717) is 18.8 Å². The molecule has 0 radical (unpaired) electrons. The van der Waals surface area contributed by atoms with Crippen molar-refractivity contribution in [3.8, 4) is 17.1 Å². The molecule has 1 fully saturated rings. The number of aryl methyl sites for hydroxylation is 1. The van der Waals surface area contributed by atoms with E-state index in [1.165, 1.54) is 0 Å². The van der Waals surface area contributed by atoms with Gasteiger partial charge in [-0.15, -0.1) is 0 Å². The van der Waals surface area contributed by atoms with E-state index in [9.17, 15) is 9.90 Å². The molecule has 3 aromatic carbocycles. The summed E-state index contributed by atoms with van der Waals surface area (Å²) in [5.74, 6) is 0.326. The molecule has 8 nitrogen and oxygen atoms in total. The lowest BCUT2D eigenvalue weighted by molar-refractivity contribution is -0.00141. The van der Waals surface area contributed by atoms with Gasteiger partial charge in [0.2, 0.25) is 5.88 Å². The number of carbonyl (C=O) groups excluding carboxylic acids is 1. The lowest BCUT2D eigenvalue weighted by Gasteiger charge is -2.37. The normalized spacial score (nSPS) is 17.2. The molecule has 226 valence electrons. The van der Waals surface area contributed by atoms with E-state index in [-0.39, 0.29) is 18.6 Å². The van der Waals surface area contributed by atoms with Crippen LogP contribution in [0.5, 0.6) is 5.88 Å². The highest BCUT2D eigenvalue weighted by atomic mass is 16.6. The minimum Gasteiger partial charge on any atom is -0.464 e. The number of hydrogen-bond donors (Lipinski definition) is 1. The van der Waals surface area contributed by atoms with E-state index in [4.69, 9.17) is 14.6 Å². The van der Waals surface area contributed by atoms with E-state index < -0.39 is 17.8 Å². The number of para-hydroxylation sites is 1. The number of aliphatic hydroxyl groups excluding tert-OH is 1. The number of rotatable bonds is 6. The Morgan fingerprint density at radius 2 is 1.61 bits per heavy atom. The van der Waals surface area contributed by atoms with Crippen molar-refractivity contribution >= 4 is 17.0 Å². The number of aliphatic hydroxyl groups is 1. The highest BCUT2D eigenvalue weighted by molar-refractivity contribution is 5.96. The maximum Gasteiger partial charge on any atom is 0.410 e. The van der Waals surface area contributed by atoms with Gasteiger partial charge in [0.25, 0.3) is 0 Å². The van der Waals surface area contributed by atoms with Crippen LogP contribution in [0.2, 0.25) is 0 Å². The second kappa shape index (κ2) is 12.1. The van der Waals surface area contributed by atoms with E-state index in [1.54, 1.807) is 11.1 Å². The first-order valence-electron chi connectivity index (χ1n) is 15.0. The van der Waals surface area contributed by atoms with Crippen LogP contribution in [-0.2, 0) is 11.8 Å². The summed E-state index contributed by atoms with van der Waals surface area (Å²) in [6.07, 6.45) is 0.843. The molecule has 1 N–H and O–H groups in total. The van der Waals surface area contributed by atoms with Gasteiger partial charge in [-0.05, 0) is 56.0 Å². The van der Waals surface area contributed by atoms with Crippen molar-refractivity contribution in [3.63, 3.8) is 0 Å². The number of nitrogens with zero attached hydrogens (tertiary/aromatic N) is 4. The summed E-state index contributed by atoms with van der Waals surface area (Å²) in [6.45, 7) is 6.24. The molecule has 2 aromatic heterocycles. The molecule has 1 amide bonds. The zero-order chi connectivity index (χ0) is 30.8. The highest BCUT2D eigenvalue weighted by Crippen LogP contribution is 2.40. The number of hydrogen-bond acceptors (Lipinski definition) is 6. The largest absolute Gasteiger partial charge is 0.464 e. The topological polar surface area (TPSA) is 89.7 Å². The monoisotopic (exact) mass is 590 g/mol. The Morgan fingerprint density at radius 1 is 0.932 bits per heavy atom. The number of aromatic nitrogens is 3. The third-order valence-corrected chi connectivity index (χ3v) is 7.99. The molecule has 8 heteroatoms. The Labute approximate surface area is 257 Å². The fourth-order valence-electron chi connectivity index (χ4n) is 6.01. The summed E-state index contributed by atoms with van der Waals surface area (Å²) < 4.78 is 14.1. The Kier molecular flexibility index (Phi) is 8.10. The Balaban J connectivity index is 1.34. The van der Waals surface area contributed by atoms with Crippen LogP contribution in [0.4, 0.5) is 4.79 Å². The van der Waals surface area contributed by atoms with Gasteiger partial charge >= 0.3 is 6.09 Å². The summed E-state index contributed by atoms with van der Waals surface area (Å²) in [5, 5.41) is 17.2. The van der Waals surface area contributed by atoms with Gasteiger partial charge in [0.1, 0.15) is 11.3 Å². The van der Waals surface area contributed by atoms with Crippen LogP contribution < -0.4 is 4.74 Å². The summed E-state index contributed by atoms with van der Waals surface area (Å²) in [6, 6.07) is 30.2. The molecule has 1 aliphatic rings. The molecule has 5 aromatic rings. The molecule has 2 atom stereocenters. The van der Waals surface area contributed by atoms with Crippen LogP contribution in [0, 0.1) is 0 Å². The maximum absolute atomic E-state index is 12.7. The van der Waals surface area contributed by atoms with Crippen molar-refractivity contribution in [2.45, 2.75) is 50.9 Å². The minimum absolute atomic E-state index is 0.161. The summed E-state index contributed by atoms with van der Waals surface area (Å²) in [4.78, 5) is 18.9. The first-order chi connectivity index (χ1) is 21.2. The van der Waals surface area contributed by atoms with E-state index in [1.807, 2.05) is 99.2 Å². The summed E-state index contributed by atoms with van der Waals surface area (Å²) in [7, 11) is 1.92. The molecule has 1 aliphatic heterocycles. The van der Waals surface area contributed by atoms with Crippen LogP contribution in [0.15, 0.2) is 97.2 Å². The Morgan fingerprint density at radius 3 is 2.25 bits per heavy atom. The smallest absolute Gasteiger partial charge is 0.410 e. The van der Waals surface area contributed by atoms with Crippen molar-refractivity contribution < 1.29 is 19.4 Å². The van der Waals surface area contributed by atoms with Crippen molar-refractivity contribution in [1.82, 2.24) is 19.7 Å². The summed E-state index contributed by atoms with van der Waals surface area (Å²) in [5.41, 5.74) is 4.94. The number of carbonyl (C=O) groups is 1. The number of piperidine rings is 1. The second-order valence-electron chi connectivity index (χ2n) is 12.3. The molecule has 3 heterocycles. The Hall–Kier alpha value is -4.69. The van der Waals surface area contributed by atoms with Gasteiger partial charge < -0.3 is 19.5 Å². The van der Waals surface area contributed by atoms with Crippen LogP contribution in [0.1, 0.15) is 55.9 Å². The maximum atomic E-state index is 12.7. The van der Waals surface area contributed by atoms with E-state index >= 15 is 0 Å². The molecule has 0 unspecified atom stereocenters. The number of β-amino-alcohol motifs (C(OH)–C–C–N with tert-alkyl or cyclic N) is 1. The third kappa shape index (κ3) is 6.03. The fraction of sp³-hybridized carbons (Fsp3) is 0.306. The average Bonchev–Trinajstić information content (AvgIpc) is 3.36. The number of pyridine rings is 1. The highest BCUT2D eigenvalue weighted by Gasteiger charge is 2.35. The molecule has 0 bridgehead atoms. The average molecular weight is 591 g/mol. The molecule has 6 rings (SSSR count). The van der Waals surface area contributed by atoms with Gasteiger partial charge in [0.15, 0.2) is 6.10 Å². The van der Waals surface area contributed by atoms with Gasteiger partial charge in [0.05, 0.1) is 23.7 Å². The van der Waals surface area contributed by atoms with Crippen molar-refractivity contribution in [3.05, 3.63) is 114 Å². The predicted molar refractivity (Wildman–Crippen MR) is 170 cm³/mol. The van der Waals surface area contributed by atoms with E-state index in [0.717, 1.165) is 38.9 Å². The van der Waals surface area contributed by atoms with Crippen molar-refractivity contribution in [2.75, 3.05) is 13.1 Å². The third-order valence-electron chi connectivity index (χ3n) is 7.99. The van der Waals surface area contributed by atoms with Crippen LogP contribution in [-0.4, -0.2) is 55.7 Å². The molecule has 1 saturated heterocycles. The lowest BCUT2D eigenvalue weighted by atomic mass is 9.85. The Bertz CT molecular complexity index is 1710. The number of likely N-dealkylation sites (tertiary alicyclic amines) is 1. The SMILES string of the molecule is Cn1nc(-c2cccnc2OC(c2ccccc2)c2ccccc2)c2cccc([C@H]3CCN(C(=O)OC(C)(C)C)C[C@@H]3O)c21. The molecule has 0 aliphatic carbocycles. The number of benzene rings is 3. The zero-order valence-electron chi connectivity index (χ0n) is 25.6. The lowest BCUT2D eigenvalue weighted by Crippen LogP contribution is -2.47. The predicted octanol–water partition coefficient (Wildman–Crippen LogP) is 6.89. The number of fused-ring (bicyclic) bond motifs is 1.